The highest BCUT2D eigenvalue weighted by molar-refractivity contribution is 5.97. The predicted octanol–water partition coefficient (Wildman–Crippen LogP) is -1.85. The van der Waals surface area contributed by atoms with Gasteiger partial charge in [-0.15, -0.1) is 0 Å². The third-order valence-corrected chi connectivity index (χ3v) is 6.83. The van der Waals surface area contributed by atoms with Crippen molar-refractivity contribution >= 4 is 35.5 Å². The Morgan fingerprint density at radius 3 is 2.07 bits per heavy atom. The molecule has 1 saturated heterocycles. The molecule has 14 heteroatoms. The third-order valence-electron chi connectivity index (χ3n) is 6.83. The number of hydrogen-bond acceptors (Lipinski definition) is 7. The quantitative estimate of drug-likeness (QED) is 0.0832. The molecule has 0 saturated carbocycles. The van der Waals surface area contributed by atoms with Crippen molar-refractivity contribution in [3.05, 3.63) is 35.9 Å². The molecule has 10 N–H and O–H groups in total. The van der Waals surface area contributed by atoms with E-state index in [2.05, 4.69) is 36.9 Å². The SMILES string of the molecule is CC[C@@H]1NC(=O)CNC(=O)C(CCCNC(N)=NC)NC(=O)C(CCCCN)NC(=O)[C@@H](Cc2ccccc2)NC1=O. The van der Waals surface area contributed by atoms with Crippen LogP contribution >= 0.6 is 0 Å². The van der Waals surface area contributed by atoms with Gasteiger partial charge in [0.2, 0.25) is 29.5 Å². The van der Waals surface area contributed by atoms with E-state index >= 15 is 0 Å². The van der Waals surface area contributed by atoms with Gasteiger partial charge in [-0.25, -0.2) is 0 Å². The first kappa shape index (κ1) is 34.0. The molecule has 0 aromatic heterocycles. The van der Waals surface area contributed by atoms with E-state index in [1.54, 1.807) is 6.92 Å². The molecule has 232 valence electrons. The maximum Gasteiger partial charge on any atom is 0.243 e. The van der Waals surface area contributed by atoms with E-state index in [0.29, 0.717) is 32.4 Å². The lowest BCUT2D eigenvalue weighted by atomic mass is 10.0. The Morgan fingerprint density at radius 1 is 0.833 bits per heavy atom. The number of benzene rings is 1. The zero-order valence-electron chi connectivity index (χ0n) is 24.4. The molecule has 0 radical (unpaired) electrons. The fourth-order valence-electron chi connectivity index (χ4n) is 4.40. The minimum Gasteiger partial charge on any atom is -0.370 e. The molecule has 1 aromatic carbocycles. The van der Waals surface area contributed by atoms with Crippen molar-refractivity contribution in [1.82, 2.24) is 31.9 Å². The molecule has 2 rings (SSSR count). The molecule has 1 aliphatic rings. The minimum atomic E-state index is -1.02. The summed E-state index contributed by atoms with van der Waals surface area (Å²) in [6.45, 7) is 2.14. The molecule has 1 aliphatic heterocycles. The molecule has 4 atom stereocenters. The Hall–Kier alpha value is -4.20. The summed E-state index contributed by atoms with van der Waals surface area (Å²) in [5.41, 5.74) is 12.1. The van der Waals surface area contributed by atoms with Gasteiger partial charge in [0.05, 0.1) is 6.54 Å². The van der Waals surface area contributed by atoms with Gasteiger partial charge in [-0.3, -0.25) is 29.0 Å². The van der Waals surface area contributed by atoms with Crippen LogP contribution in [-0.2, 0) is 30.4 Å². The van der Waals surface area contributed by atoms with Gasteiger partial charge in [0.25, 0.3) is 0 Å². The molecule has 1 aromatic rings. The van der Waals surface area contributed by atoms with E-state index in [4.69, 9.17) is 11.5 Å². The van der Waals surface area contributed by atoms with E-state index in [1.165, 1.54) is 7.05 Å². The maximum atomic E-state index is 13.6. The van der Waals surface area contributed by atoms with Crippen molar-refractivity contribution in [2.24, 2.45) is 16.5 Å². The Bertz CT molecular complexity index is 1080. The lowest BCUT2D eigenvalue weighted by Crippen LogP contribution is -2.58. The number of nitrogens with two attached hydrogens (primary N) is 2. The summed E-state index contributed by atoms with van der Waals surface area (Å²) in [7, 11) is 1.54. The van der Waals surface area contributed by atoms with E-state index in [9.17, 15) is 24.0 Å². The van der Waals surface area contributed by atoms with Gasteiger partial charge in [-0.2, -0.15) is 0 Å². The van der Waals surface area contributed by atoms with Gasteiger partial charge in [0.1, 0.15) is 24.2 Å². The number of nitrogens with zero attached hydrogens (tertiary/aromatic N) is 1. The number of guanidine groups is 1. The number of hydrogen-bond donors (Lipinski definition) is 8. The van der Waals surface area contributed by atoms with Gasteiger partial charge in [0.15, 0.2) is 5.96 Å². The first-order chi connectivity index (χ1) is 20.2. The summed E-state index contributed by atoms with van der Waals surface area (Å²) in [6.07, 6.45) is 2.55. The van der Waals surface area contributed by atoms with Crippen LogP contribution in [0.1, 0.15) is 51.0 Å². The molecule has 1 fully saturated rings. The van der Waals surface area contributed by atoms with E-state index in [0.717, 1.165) is 5.56 Å². The summed E-state index contributed by atoms with van der Waals surface area (Å²) in [6, 6.07) is 5.21. The average Bonchev–Trinajstić information content (AvgIpc) is 2.99. The Morgan fingerprint density at radius 2 is 1.43 bits per heavy atom. The molecule has 14 nitrogen and oxygen atoms in total. The standard InChI is InChI=1S/C28H45N9O5/c1-3-19-25(40)37-22(16-18-10-5-4-6-11-18)27(42)36-21(12-7-8-14-29)26(41)35-20(13-9-15-32-28(30)31-2)24(39)33-17-23(38)34-19/h4-6,10-11,19-22H,3,7-9,12-17,29H2,1-2H3,(H,33,39)(H,34,38)(H,35,41)(H,36,42)(H,37,40)(H3,30,31,32)/t19-,20?,21?,22+/m0/s1. The van der Waals surface area contributed by atoms with E-state index in [1.807, 2.05) is 30.3 Å². The normalized spacial score (nSPS) is 22.9. The molecule has 42 heavy (non-hydrogen) atoms. The second-order valence-electron chi connectivity index (χ2n) is 10.1. The first-order valence-electron chi connectivity index (χ1n) is 14.4. The average molecular weight is 588 g/mol. The molecular formula is C28H45N9O5. The summed E-state index contributed by atoms with van der Waals surface area (Å²) in [4.78, 5) is 69.7. The molecular weight excluding hydrogens is 542 g/mol. The number of aliphatic imine (C=N–C) groups is 1. The lowest BCUT2D eigenvalue weighted by molar-refractivity contribution is -0.134. The van der Waals surface area contributed by atoms with Crippen molar-refractivity contribution in [3.8, 4) is 0 Å². The fraction of sp³-hybridized carbons (Fsp3) is 0.571. The highest BCUT2D eigenvalue weighted by atomic mass is 16.2. The fourth-order valence-corrected chi connectivity index (χ4v) is 4.40. The van der Waals surface area contributed by atoms with Crippen molar-refractivity contribution in [1.29, 1.82) is 0 Å². The second-order valence-corrected chi connectivity index (χ2v) is 10.1. The van der Waals surface area contributed by atoms with Crippen LogP contribution in [0.5, 0.6) is 0 Å². The highest BCUT2D eigenvalue weighted by Crippen LogP contribution is 2.08. The van der Waals surface area contributed by atoms with Gasteiger partial charge in [-0.1, -0.05) is 37.3 Å². The molecule has 2 unspecified atom stereocenters. The van der Waals surface area contributed by atoms with Gasteiger partial charge < -0.3 is 43.4 Å². The Labute approximate surface area is 246 Å². The number of rotatable bonds is 11. The largest absolute Gasteiger partial charge is 0.370 e. The third kappa shape index (κ3) is 11.7. The van der Waals surface area contributed by atoms with Crippen molar-refractivity contribution in [2.45, 2.75) is 76.0 Å². The summed E-state index contributed by atoms with van der Waals surface area (Å²) < 4.78 is 0. The van der Waals surface area contributed by atoms with Crippen LogP contribution in [0.15, 0.2) is 35.3 Å². The number of carbonyl (C=O) groups is 5. The Kier molecular flexibility index (Phi) is 14.8. The zero-order valence-corrected chi connectivity index (χ0v) is 24.4. The van der Waals surface area contributed by atoms with Crippen LogP contribution in [0.2, 0.25) is 0 Å². The van der Waals surface area contributed by atoms with Crippen LogP contribution in [-0.4, -0.2) is 86.3 Å². The van der Waals surface area contributed by atoms with Crippen LogP contribution < -0.4 is 43.4 Å². The Balaban J connectivity index is 2.36. The number of unbranched alkanes of at least 4 members (excludes halogenated alkanes) is 1. The van der Waals surface area contributed by atoms with Crippen molar-refractivity contribution in [3.63, 3.8) is 0 Å². The molecule has 5 amide bonds. The number of carbonyl (C=O) groups excluding carboxylic acids is 5. The summed E-state index contributed by atoms with van der Waals surface area (Å²) in [5, 5.41) is 16.3. The minimum absolute atomic E-state index is 0.166. The monoisotopic (exact) mass is 587 g/mol. The van der Waals surface area contributed by atoms with Crippen LogP contribution in [0.4, 0.5) is 0 Å². The highest BCUT2D eigenvalue weighted by Gasteiger charge is 2.31. The van der Waals surface area contributed by atoms with E-state index < -0.39 is 60.2 Å². The topological polar surface area (TPSA) is 222 Å². The smallest absolute Gasteiger partial charge is 0.243 e. The lowest BCUT2D eigenvalue weighted by Gasteiger charge is -2.26. The summed E-state index contributed by atoms with van der Waals surface area (Å²) in [5.74, 6) is -2.58. The van der Waals surface area contributed by atoms with Crippen molar-refractivity contribution in [2.75, 3.05) is 26.7 Å². The number of nitrogens with one attached hydrogen (secondary N) is 6. The van der Waals surface area contributed by atoms with Crippen LogP contribution in [0.25, 0.3) is 0 Å². The van der Waals surface area contributed by atoms with Crippen molar-refractivity contribution < 1.29 is 24.0 Å². The maximum absolute atomic E-state index is 13.6. The van der Waals surface area contributed by atoms with Gasteiger partial charge in [-0.05, 0) is 50.6 Å². The van der Waals surface area contributed by atoms with Crippen LogP contribution in [0, 0.1) is 0 Å². The number of amides is 5. The predicted molar refractivity (Wildman–Crippen MR) is 159 cm³/mol. The van der Waals surface area contributed by atoms with Crippen LogP contribution in [0.3, 0.4) is 0 Å². The first-order valence-corrected chi connectivity index (χ1v) is 14.4. The van der Waals surface area contributed by atoms with E-state index in [-0.39, 0.29) is 31.6 Å². The van der Waals surface area contributed by atoms with Gasteiger partial charge >= 0.3 is 0 Å². The van der Waals surface area contributed by atoms with Gasteiger partial charge in [0, 0.05) is 20.0 Å². The second kappa shape index (κ2) is 18.3. The molecule has 0 aliphatic carbocycles. The molecule has 0 bridgehead atoms. The summed E-state index contributed by atoms with van der Waals surface area (Å²) >= 11 is 0. The molecule has 0 spiro atoms. The molecule has 1 heterocycles. The zero-order chi connectivity index (χ0) is 30.9.